The molecule has 0 aromatic carbocycles. The van der Waals surface area contributed by atoms with Gasteiger partial charge in [-0.05, 0) is 66.6 Å². The SMILES string of the molecule is CC1[C@H](C(C)(C)C)C(C)(O[SiH3])C(=O)O[C@@H]1CC[C@@H]1[C@@H]2C(=C[C@@H](O[Si](C)(C)C(C)(C)C)C[C@@H]2O)C=C[C@@H]1C. The van der Waals surface area contributed by atoms with Crippen LogP contribution in [0.25, 0.3) is 0 Å². The molecule has 9 atom stereocenters. The first-order chi connectivity index (χ1) is 16.8. The molecule has 1 fully saturated rings. The van der Waals surface area contributed by atoms with Crippen molar-refractivity contribution in [2.45, 2.75) is 124 Å². The van der Waals surface area contributed by atoms with E-state index >= 15 is 0 Å². The standard InChI is InChI=1S/C30H54O5Si2/c1-18-12-13-20-16-21(34-37(10,11)29(6,7)8)17-23(31)25(20)22(18)14-15-24-19(2)26(28(3,4)5)30(9,35-36)27(32)33-24/h12-13,16,18-19,21-26,31H,14-15,17H2,1-11,36H3/t18-,19?,21+,22-,23-,24+,25-,26+,30?/m0/s1. The number of esters is 1. The van der Waals surface area contributed by atoms with Gasteiger partial charge in [0, 0.05) is 18.3 Å². The molecule has 2 unspecified atom stereocenters. The van der Waals surface area contributed by atoms with Crippen LogP contribution < -0.4 is 0 Å². The van der Waals surface area contributed by atoms with Crippen molar-refractivity contribution < 1.29 is 23.5 Å². The molecule has 212 valence electrons. The molecule has 0 amide bonds. The molecule has 0 aromatic heterocycles. The maximum absolute atomic E-state index is 13.2. The predicted octanol–water partition coefficient (Wildman–Crippen LogP) is 5.57. The number of aliphatic hydroxyl groups is 1. The minimum absolute atomic E-state index is 0.0389. The Morgan fingerprint density at radius 2 is 1.78 bits per heavy atom. The smallest absolute Gasteiger partial charge is 0.337 e. The Labute approximate surface area is 230 Å². The molecule has 3 rings (SSSR count). The van der Waals surface area contributed by atoms with Crippen LogP contribution in [0.5, 0.6) is 0 Å². The Hall–Kier alpha value is -0.736. The van der Waals surface area contributed by atoms with Crippen molar-refractivity contribution in [3.63, 3.8) is 0 Å². The fraction of sp³-hybridized carbons (Fsp3) is 0.833. The van der Waals surface area contributed by atoms with Gasteiger partial charge in [0.05, 0.1) is 12.2 Å². The van der Waals surface area contributed by atoms with Crippen LogP contribution in [0.4, 0.5) is 0 Å². The summed E-state index contributed by atoms with van der Waals surface area (Å²) in [6.45, 7) is 24.3. The van der Waals surface area contributed by atoms with Gasteiger partial charge in [0.25, 0.3) is 0 Å². The van der Waals surface area contributed by atoms with E-state index in [2.05, 4.69) is 86.7 Å². The number of hydrogen-bond donors (Lipinski definition) is 1. The number of carbonyl (C=O) groups is 1. The van der Waals surface area contributed by atoms with Crippen molar-refractivity contribution in [3.05, 3.63) is 23.8 Å². The fourth-order valence-corrected chi connectivity index (χ4v) is 8.92. The number of hydrogen-bond acceptors (Lipinski definition) is 5. The van der Waals surface area contributed by atoms with Crippen molar-refractivity contribution >= 4 is 24.8 Å². The number of rotatable bonds is 6. The third-order valence-corrected chi connectivity index (χ3v) is 15.5. The summed E-state index contributed by atoms with van der Waals surface area (Å²) in [5.74, 6) is 0.824. The lowest BCUT2D eigenvalue weighted by Crippen LogP contribution is -2.60. The van der Waals surface area contributed by atoms with Gasteiger partial charge in [0.2, 0.25) is 0 Å². The molecule has 1 heterocycles. The molecule has 3 aliphatic rings. The molecule has 0 saturated carbocycles. The van der Waals surface area contributed by atoms with Gasteiger partial charge in [0.15, 0.2) is 13.9 Å². The molecule has 1 N–H and O–H groups in total. The lowest BCUT2D eigenvalue weighted by molar-refractivity contribution is -0.205. The Morgan fingerprint density at radius 1 is 1.16 bits per heavy atom. The second-order valence-corrected chi connectivity index (χ2v) is 20.0. The molecule has 7 heteroatoms. The summed E-state index contributed by atoms with van der Waals surface area (Å²) in [5, 5.41) is 11.5. The van der Waals surface area contributed by atoms with Crippen LogP contribution in [0.3, 0.4) is 0 Å². The summed E-state index contributed by atoms with van der Waals surface area (Å²) in [6, 6.07) is 0. The highest BCUT2D eigenvalue weighted by molar-refractivity contribution is 6.74. The highest BCUT2D eigenvalue weighted by Gasteiger charge is 2.56. The predicted molar refractivity (Wildman–Crippen MR) is 157 cm³/mol. The van der Waals surface area contributed by atoms with E-state index in [4.69, 9.17) is 13.6 Å². The van der Waals surface area contributed by atoms with Gasteiger partial charge < -0.3 is 18.7 Å². The van der Waals surface area contributed by atoms with E-state index in [-0.39, 0.29) is 46.4 Å². The van der Waals surface area contributed by atoms with Crippen molar-refractivity contribution in [1.29, 1.82) is 0 Å². The third-order valence-electron chi connectivity index (χ3n) is 10.1. The quantitative estimate of drug-likeness (QED) is 0.346. The van der Waals surface area contributed by atoms with Gasteiger partial charge in [-0.1, -0.05) is 73.6 Å². The van der Waals surface area contributed by atoms with Gasteiger partial charge in [-0.2, -0.15) is 0 Å². The molecule has 0 spiro atoms. The lowest BCUT2D eigenvalue weighted by Gasteiger charge is -2.52. The van der Waals surface area contributed by atoms with Crippen LogP contribution in [0.1, 0.15) is 81.6 Å². The van der Waals surface area contributed by atoms with Crippen molar-refractivity contribution in [1.82, 2.24) is 0 Å². The van der Waals surface area contributed by atoms with Gasteiger partial charge in [-0.25, -0.2) is 4.79 Å². The summed E-state index contributed by atoms with van der Waals surface area (Å²) < 4.78 is 18.7. The monoisotopic (exact) mass is 550 g/mol. The topological polar surface area (TPSA) is 65.0 Å². The van der Waals surface area contributed by atoms with Crippen LogP contribution in [0.2, 0.25) is 18.1 Å². The molecule has 1 saturated heterocycles. The number of ether oxygens (including phenoxy) is 1. The molecule has 2 aliphatic carbocycles. The average Bonchev–Trinajstić information content (AvgIpc) is 2.74. The summed E-state index contributed by atoms with van der Waals surface area (Å²) in [4.78, 5) is 13.2. The van der Waals surface area contributed by atoms with Crippen LogP contribution >= 0.6 is 0 Å². The highest BCUT2D eigenvalue weighted by atomic mass is 28.4. The number of allylic oxidation sites excluding steroid dienone is 2. The number of aliphatic hydroxyl groups excluding tert-OH is 1. The van der Waals surface area contributed by atoms with E-state index in [1.165, 1.54) is 5.57 Å². The van der Waals surface area contributed by atoms with Crippen molar-refractivity contribution in [3.8, 4) is 0 Å². The van der Waals surface area contributed by atoms with Crippen LogP contribution in [0.15, 0.2) is 23.8 Å². The molecule has 0 bridgehead atoms. The zero-order valence-corrected chi connectivity index (χ0v) is 28.6. The maximum Gasteiger partial charge on any atom is 0.337 e. The van der Waals surface area contributed by atoms with Gasteiger partial charge in [0.1, 0.15) is 16.6 Å². The van der Waals surface area contributed by atoms with E-state index < -0.39 is 20.0 Å². The normalized spacial score (nSPS) is 39.2. The first-order valence-electron chi connectivity index (χ1n) is 14.4. The second kappa shape index (κ2) is 10.7. The Morgan fingerprint density at radius 3 is 2.32 bits per heavy atom. The molecule has 5 nitrogen and oxygen atoms in total. The van der Waals surface area contributed by atoms with E-state index in [0.29, 0.717) is 28.7 Å². The largest absolute Gasteiger partial charge is 0.460 e. The molecule has 0 radical (unpaired) electrons. The minimum Gasteiger partial charge on any atom is -0.460 e. The number of fused-ring (bicyclic) bond motifs is 1. The van der Waals surface area contributed by atoms with Crippen molar-refractivity contribution in [2.24, 2.45) is 35.0 Å². The van der Waals surface area contributed by atoms with Gasteiger partial charge in [-0.15, -0.1) is 0 Å². The van der Waals surface area contributed by atoms with E-state index in [1.807, 2.05) is 6.92 Å². The molecule has 37 heavy (non-hydrogen) atoms. The zero-order chi connectivity index (χ0) is 28.1. The van der Waals surface area contributed by atoms with Gasteiger partial charge >= 0.3 is 5.97 Å². The Bertz CT molecular complexity index is 899. The van der Waals surface area contributed by atoms with Crippen LogP contribution in [0, 0.1) is 35.0 Å². The summed E-state index contributed by atoms with van der Waals surface area (Å²) in [6.07, 6.45) is 8.54. The Balaban J connectivity index is 1.78. The highest BCUT2D eigenvalue weighted by Crippen LogP contribution is 2.50. The summed E-state index contributed by atoms with van der Waals surface area (Å²) >= 11 is 0. The van der Waals surface area contributed by atoms with Crippen LogP contribution in [-0.4, -0.2) is 53.8 Å². The third kappa shape index (κ3) is 6.06. The number of carbonyl (C=O) groups excluding carboxylic acids is 1. The molecular weight excluding hydrogens is 496 g/mol. The molecule has 0 aromatic rings. The zero-order valence-electron chi connectivity index (χ0n) is 25.6. The van der Waals surface area contributed by atoms with Gasteiger partial charge in [-0.3, -0.25) is 0 Å². The minimum atomic E-state index is -1.93. The summed E-state index contributed by atoms with van der Waals surface area (Å²) in [7, 11) is -1.44. The number of cyclic esters (lactones) is 1. The lowest BCUT2D eigenvalue weighted by atomic mass is 9.61. The molecule has 1 aliphatic heterocycles. The Kier molecular flexibility index (Phi) is 8.89. The van der Waals surface area contributed by atoms with E-state index in [1.54, 1.807) is 0 Å². The fourth-order valence-electron chi connectivity index (χ4n) is 7.22. The second-order valence-electron chi connectivity index (χ2n) is 14.8. The summed E-state index contributed by atoms with van der Waals surface area (Å²) in [5.41, 5.74) is 0.255. The molecular formula is C30H54O5Si2. The van der Waals surface area contributed by atoms with Crippen LogP contribution in [-0.2, 0) is 18.4 Å². The van der Waals surface area contributed by atoms with E-state index in [0.717, 1.165) is 12.8 Å². The average molecular weight is 551 g/mol. The van der Waals surface area contributed by atoms with Crippen molar-refractivity contribution in [2.75, 3.05) is 0 Å². The first kappa shape index (κ1) is 30.8. The van der Waals surface area contributed by atoms with E-state index in [9.17, 15) is 9.90 Å². The first-order valence-corrected chi connectivity index (χ1v) is 18.1. The maximum atomic E-state index is 13.2.